The number of hydrogen-bond acceptors (Lipinski definition) is 9. The second-order valence-corrected chi connectivity index (χ2v) is 12.8. The number of ether oxygens (including phenoxy) is 2. The molecule has 3 heterocycles. The second-order valence-electron chi connectivity index (χ2n) is 12.3. The number of carboxylic acid groups (broad SMARTS) is 1. The summed E-state index contributed by atoms with van der Waals surface area (Å²) in [5, 5.41) is 20.4. The van der Waals surface area contributed by atoms with Gasteiger partial charge in [-0.05, 0) is 49.1 Å². The minimum Gasteiger partial charge on any atom is -0.481 e. The molecule has 2 saturated heterocycles. The van der Waals surface area contributed by atoms with Gasteiger partial charge < -0.3 is 30.0 Å². The molecule has 19 heteroatoms. The van der Waals surface area contributed by atoms with E-state index in [4.69, 9.17) is 21.1 Å². The van der Waals surface area contributed by atoms with E-state index >= 15 is 0 Å². The highest BCUT2D eigenvalue weighted by Crippen LogP contribution is 2.33. The Hall–Kier alpha value is -5.65. The number of benzene rings is 2. The Balaban J connectivity index is 1.32. The summed E-state index contributed by atoms with van der Waals surface area (Å²) in [6.45, 7) is -0.595. The fraction of sp³-hybridized carbons (Fsp3) is 0.382. The smallest absolute Gasteiger partial charge is 0.435 e. The number of rotatable bonds is 13. The number of nitrogens with zero attached hydrogens (tertiary/aromatic N) is 4. The molecule has 2 aliphatic heterocycles. The number of nitrogens with one attached hydrogen (secondary N) is 2. The number of halogens is 4. The van der Waals surface area contributed by atoms with Crippen LogP contribution in [0.2, 0.25) is 5.02 Å². The van der Waals surface area contributed by atoms with Crippen molar-refractivity contribution in [2.45, 2.75) is 68.9 Å². The minimum atomic E-state index is -4.85. The fourth-order valence-corrected chi connectivity index (χ4v) is 6.07. The highest BCUT2D eigenvalue weighted by molar-refractivity contribution is 6.30. The molecule has 4 amide bonds. The molecule has 3 atom stereocenters. The number of alkyl carbamates (subject to hydrolysis) is 1. The lowest BCUT2D eigenvalue weighted by Crippen LogP contribution is -2.66. The monoisotopic (exact) mass is 762 g/mol. The number of aliphatic carboxylic acids is 1. The Bertz CT molecular complexity index is 1840. The summed E-state index contributed by atoms with van der Waals surface area (Å²) in [6.07, 6.45) is -7.11. The molecule has 2 aromatic carbocycles. The van der Waals surface area contributed by atoms with Crippen LogP contribution in [0, 0.1) is 0 Å². The van der Waals surface area contributed by atoms with Crippen molar-refractivity contribution in [2.24, 2.45) is 0 Å². The molecule has 2 aliphatic rings. The van der Waals surface area contributed by atoms with Gasteiger partial charge >= 0.3 is 18.2 Å². The summed E-state index contributed by atoms with van der Waals surface area (Å²) in [4.78, 5) is 77.9. The Morgan fingerprint density at radius 2 is 1.77 bits per heavy atom. The molecule has 2 fully saturated rings. The normalized spacial score (nSPS) is 18.6. The summed E-state index contributed by atoms with van der Waals surface area (Å²) in [5.41, 5.74) is -2.62. The predicted molar refractivity (Wildman–Crippen MR) is 177 cm³/mol. The Morgan fingerprint density at radius 1 is 1.06 bits per heavy atom. The minimum absolute atomic E-state index is 0.00549. The van der Waals surface area contributed by atoms with Gasteiger partial charge in [-0.25, -0.2) is 14.5 Å². The van der Waals surface area contributed by atoms with E-state index in [0.717, 1.165) is 14.7 Å². The van der Waals surface area contributed by atoms with Crippen LogP contribution in [0.25, 0.3) is 5.69 Å². The van der Waals surface area contributed by atoms with E-state index in [1.165, 1.54) is 24.3 Å². The van der Waals surface area contributed by atoms with Crippen molar-refractivity contribution >= 4 is 47.7 Å². The Labute approximate surface area is 304 Å². The number of carboxylic acids is 1. The molecule has 3 aromatic rings. The van der Waals surface area contributed by atoms with Crippen LogP contribution in [0.1, 0.15) is 49.8 Å². The van der Waals surface area contributed by atoms with Crippen molar-refractivity contribution in [1.82, 2.24) is 30.4 Å². The van der Waals surface area contributed by atoms with E-state index in [1.807, 2.05) is 0 Å². The van der Waals surface area contributed by atoms with Crippen molar-refractivity contribution < 1.29 is 56.5 Å². The standard InChI is InChI=1S/C34H34ClF3N6O9/c35-22-8-10-23(11-9-22)43-28(17-26(41-43)34(36,37)38)52-16-14-33(20-45,18-29(47)48)40-30(49)25-7-4-15-42-27(46)13-12-24(31(50)44(25)42)39-32(51)53-19-21-5-2-1-3-6-21/h1-3,5-6,8-11,17,20,24-25H,4,7,12-16,18-19H2,(H,39,51)(H,40,49)(H,47,48)/t24?,25?,33-/m0/s1. The van der Waals surface area contributed by atoms with Gasteiger partial charge in [-0.15, -0.1) is 0 Å². The van der Waals surface area contributed by atoms with Gasteiger partial charge in [0.1, 0.15) is 30.5 Å². The first kappa shape index (κ1) is 38.6. The maximum absolute atomic E-state index is 13.9. The number of hydrazine groups is 1. The molecular weight excluding hydrogens is 729 g/mol. The van der Waals surface area contributed by atoms with Crippen LogP contribution in [0.5, 0.6) is 5.88 Å². The van der Waals surface area contributed by atoms with Crippen molar-refractivity contribution in [1.29, 1.82) is 0 Å². The largest absolute Gasteiger partial charge is 0.481 e. The molecule has 5 rings (SSSR count). The zero-order valence-electron chi connectivity index (χ0n) is 27.9. The highest BCUT2D eigenvalue weighted by atomic mass is 35.5. The number of fused-ring (bicyclic) bond motifs is 1. The molecule has 0 spiro atoms. The number of aldehydes is 1. The van der Waals surface area contributed by atoms with Crippen molar-refractivity contribution in [3.63, 3.8) is 0 Å². The molecule has 15 nitrogen and oxygen atoms in total. The Morgan fingerprint density at radius 3 is 2.43 bits per heavy atom. The summed E-state index contributed by atoms with van der Waals surface area (Å²) < 4.78 is 52.4. The number of aromatic nitrogens is 2. The first-order valence-corrected chi connectivity index (χ1v) is 16.7. The van der Waals surface area contributed by atoms with Crippen LogP contribution in [0.15, 0.2) is 60.7 Å². The van der Waals surface area contributed by atoms with Gasteiger partial charge in [0.2, 0.25) is 17.7 Å². The van der Waals surface area contributed by atoms with Gasteiger partial charge in [0, 0.05) is 30.5 Å². The number of hydrogen-bond donors (Lipinski definition) is 3. The molecule has 2 unspecified atom stereocenters. The van der Waals surface area contributed by atoms with E-state index in [2.05, 4.69) is 15.7 Å². The van der Waals surface area contributed by atoms with Crippen LogP contribution < -0.4 is 15.4 Å². The quantitative estimate of drug-likeness (QED) is 0.217. The van der Waals surface area contributed by atoms with Crippen LogP contribution in [0.4, 0.5) is 18.0 Å². The molecule has 282 valence electrons. The molecule has 0 aliphatic carbocycles. The molecule has 0 bridgehead atoms. The SMILES string of the molecule is O=C[C@](CCOc1cc(C(F)(F)F)nn1-c1ccc(Cl)cc1)(CC(=O)O)NC(=O)C1CCCN2C(=O)CCC(NC(=O)OCc3ccccc3)C(=O)N12. The van der Waals surface area contributed by atoms with E-state index in [9.17, 15) is 47.0 Å². The predicted octanol–water partition coefficient (Wildman–Crippen LogP) is 3.67. The summed E-state index contributed by atoms with van der Waals surface area (Å²) >= 11 is 5.91. The summed E-state index contributed by atoms with van der Waals surface area (Å²) in [5.74, 6) is -4.20. The zero-order valence-corrected chi connectivity index (χ0v) is 28.6. The third kappa shape index (κ3) is 9.43. The first-order chi connectivity index (χ1) is 25.2. The molecule has 0 saturated carbocycles. The molecule has 1 aromatic heterocycles. The van der Waals surface area contributed by atoms with Gasteiger partial charge in [-0.3, -0.25) is 24.2 Å². The van der Waals surface area contributed by atoms with Crippen molar-refractivity contribution in [3.05, 3.63) is 76.9 Å². The molecular formula is C34H34ClF3N6O9. The van der Waals surface area contributed by atoms with Crippen LogP contribution >= 0.6 is 11.6 Å². The lowest BCUT2D eigenvalue weighted by atomic mass is 9.92. The van der Waals surface area contributed by atoms with Crippen molar-refractivity contribution in [2.75, 3.05) is 13.2 Å². The third-order valence-corrected chi connectivity index (χ3v) is 8.82. The van der Waals surface area contributed by atoms with E-state index < -0.39 is 84.6 Å². The number of alkyl halides is 3. The van der Waals surface area contributed by atoms with Crippen LogP contribution in [0.3, 0.4) is 0 Å². The van der Waals surface area contributed by atoms with Gasteiger partial charge in [0.25, 0.3) is 5.91 Å². The van der Waals surface area contributed by atoms with Crippen LogP contribution in [-0.2, 0) is 41.5 Å². The van der Waals surface area contributed by atoms with Gasteiger partial charge in [0.05, 0.1) is 18.7 Å². The van der Waals surface area contributed by atoms with Gasteiger partial charge in [0.15, 0.2) is 5.69 Å². The Kier molecular flexibility index (Phi) is 11.9. The number of carbonyl (C=O) groups excluding carboxylic acids is 5. The zero-order chi connectivity index (χ0) is 38.3. The maximum atomic E-state index is 13.9. The van der Waals surface area contributed by atoms with Crippen LogP contribution in [-0.4, -0.2) is 91.7 Å². The van der Waals surface area contributed by atoms with Gasteiger partial charge in [-0.1, -0.05) is 41.9 Å². The van der Waals surface area contributed by atoms with E-state index in [-0.39, 0.29) is 50.8 Å². The van der Waals surface area contributed by atoms with Crippen molar-refractivity contribution in [3.8, 4) is 11.6 Å². The van der Waals surface area contributed by atoms with E-state index in [0.29, 0.717) is 16.7 Å². The average molecular weight is 763 g/mol. The lowest BCUT2D eigenvalue weighted by molar-refractivity contribution is -0.176. The summed E-state index contributed by atoms with van der Waals surface area (Å²) in [7, 11) is 0. The lowest BCUT2D eigenvalue weighted by Gasteiger charge is -2.43. The topological polar surface area (TPSA) is 189 Å². The average Bonchev–Trinajstić information content (AvgIpc) is 3.52. The van der Waals surface area contributed by atoms with E-state index in [1.54, 1.807) is 30.3 Å². The molecule has 3 N–H and O–H groups in total. The first-order valence-electron chi connectivity index (χ1n) is 16.4. The highest BCUT2D eigenvalue weighted by Gasteiger charge is 2.47. The maximum Gasteiger partial charge on any atom is 0.435 e. The third-order valence-electron chi connectivity index (χ3n) is 8.57. The molecule has 0 radical (unpaired) electrons. The van der Waals surface area contributed by atoms with Gasteiger partial charge in [-0.2, -0.15) is 18.3 Å². The number of carbonyl (C=O) groups is 6. The summed E-state index contributed by atoms with van der Waals surface area (Å²) in [6, 6.07) is 12.3. The second kappa shape index (κ2) is 16.4. The molecule has 53 heavy (non-hydrogen) atoms. The fourth-order valence-electron chi connectivity index (χ4n) is 5.95. The number of amides is 4.